The molecule has 1 atom stereocenters. The van der Waals surface area contributed by atoms with Crippen LogP contribution in [0.2, 0.25) is 0 Å². The first-order chi connectivity index (χ1) is 11.2. The molecule has 2 saturated heterocycles. The van der Waals surface area contributed by atoms with Gasteiger partial charge in [-0.05, 0) is 31.0 Å². The standard InChI is InChI=1S/C15H19N3O2.C2H4O/c19-14-6-5-13(15(20)17-14)11-1-3-12(4-2-11)18-9-7-16-8-10-18;1-2-3/h1-4,13,16H,5-10H2,(H,17,19,20);2H,1H3. The number of piperazine rings is 1. The second kappa shape index (κ2) is 8.43. The highest BCUT2D eigenvalue weighted by Crippen LogP contribution is 2.26. The van der Waals surface area contributed by atoms with Crippen molar-refractivity contribution in [2.45, 2.75) is 25.7 Å². The average Bonchev–Trinajstić information content (AvgIpc) is 2.57. The van der Waals surface area contributed by atoms with Gasteiger partial charge in [-0.15, -0.1) is 0 Å². The second-order valence-electron chi connectivity index (χ2n) is 5.57. The van der Waals surface area contributed by atoms with Crippen LogP contribution in [0, 0.1) is 0 Å². The van der Waals surface area contributed by atoms with Crippen LogP contribution in [0.25, 0.3) is 0 Å². The van der Waals surface area contributed by atoms with E-state index in [0.29, 0.717) is 12.8 Å². The topological polar surface area (TPSA) is 78.5 Å². The number of benzene rings is 1. The Labute approximate surface area is 136 Å². The Kier molecular flexibility index (Phi) is 6.29. The molecule has 0 aromatic heterocycles. The minimum absolute atomic E-state index is 0.163. The van der Waals surface area contributed by atoms with Gasteiger partial charge in [0.2, 0.25) is 11.8 Å². The minimum Gasteiger partial charge on any atom is -0.369 e. The second-order valence-corrected chi connectivity index (χ2v) is 5.57. The molecule has 1 aromatic carbocycles. The molecular formula is C17H23N3O3. The van der Waals surface area contributed by atoms with Crippen molar-refractivity contribution in [2.24, 2.45) is 0 Å². The van der Waals surface area contributed by atoms with Gasteiger partial charge in [0.05, 0.1) is 5.92 Å². The predicted octanol–water partition coefficient (Wildman–Crippen LogP) is 0.822. The van der Waals surface area contributed by atoms with E-state index in [1.54, 1.807) is 0 Å². The molecule has 2 N–H and O–H groups in total. The van der Waals surface area contributed by atoms with Crippen molar-refractivity contribution in [1.29, 1.82) is 0 Å². The first-order valence-electron chi connectivity index (χ1n) is 7.94. The number of hydrogen-bond donors (Lipinski definition) is 2. The van der Waals surface area contributed by atoms with Crippen LogP contribution >= 0.6 is 0 Å². The first kappa shape index (κ1) is 17.1. The van der Waals surface area contributed by atoms with Crippen molar-refractivity contribution in [1.82, 2.24) is 10.6 Å². The largest absolute Gasteiger partial charge is 0.369 e. The molecule has 23 heavy (non-hydrogen) atoms. The summed E-state index contributed by atoms with van der Waals surface area (Å²) in [6.45, 7) is 5.49. The van der Waals surface area contributed by atoms with Gasteiger partial charge in [0, 0.05) is 38.3 Å². The summed E-state index contributed by atoms with van der Waals surface area (Å²) in [5.74, 6) is -0.523. The van der Waals surface area contributed by atoms with Gasteiger partial charge in [-0.2, -0.15) is 0 Å². The molecule has 0 saturated carbocycles. The lowest BCUT2D eigenvalue weighted by Crippen LogP contribution is -2.43. The monoisotopic (exact) mass is 317 g/mol. The van der Waals surface area contributed by atoms with Crippen molar-refractivity contribution < 1.29 is 14.4 Å². The number of aldehydes is 1. The highest BCUT2D eigenvalue weighted by molar-refractivity contribution is 6.00. The van der Waals surface area contributed by atoms with E-state index in [9.17, 15) is 9.59 Å². The maximum absolute atomic E-state index is 11.8. The molecule has 1 aromatic rings. The van der Waals surface area contributed by atoms with Crippen molar-refractivity contribution >= 4 is 23.8 Å². The molecule has 2 amide bonds. The fourth-order valence-electron chi connectivity index (χ4n) is 2.85. The van der Waals surface area contributed by atoms with Gasteiger partial charge in [0.1, 0.15) is 6.29 Å². The smallest absolute Gasteiger partial charge is 0.234 e. The Morgan fingerprint density at radius 2 is 1.74 bits per heavy atom. The third kappa shape index (κ3) is 4.63. The van der Waals surface area contributed by atoms with Gasteiger partial charge < -0.3 is 15.0 Å². The Hall–Kier alpha value is -2.21. The number of carbonyl (C=O) groups excluding carboxylic acids is 3. The highest BCUT2D eigenvalue weighted by Gasteiger charge is 2.27. The summed E-state index contributed by atoms with van der Waals surface area (Å²) in [5.41, 5.74) is 2.19. The summed E-state index contributed by atoms with van der Waals surface area (Å²) >= 11 is 0. The van der Waals surface area contributed by atoms with Crippen LogP contribution in [-0.4, -0.2) is 44.3 Å². The number of amides is 2. The molecular weight excluding hydrogens is 294 g/mol. The number of rotatable bonds is 2. The van der Waals surface area contributed by atoms with Gasteiger partial charge in [-0.1, -0.05) is 12.1 Å². The Morgan fingerprint density at radius 3 is 2.30 bits per heavy atom. The number of piperidine rings is 1. The molecule has 2 aliphatic rings. The van der Waals surface area contributed by atoms with E-state index < -0.39 is 0 Å². The SMILES string of the molecule is CC=O.O=C1CCC(c2ccc(N3CCNCC3)cc2)C(=O)N1. The van der Waals surface area contributed by atoms with Crippen molar-refractivity contribution in [3.63, 3.8) is 0 Å². The minimum atomic E-state index is -0.190. The summed E-state index contributed by atoms with van der Waals surface area (Å²) in [4.78, 5) is 34.2. The maximum Gasteiger partial charge on any atom is 0.234 e. The van der Waals surface area contributed by atoms with Crippen molar-refractivity contribution in [3.05, 3.63) is 29.8 Å². The fraction of sp³-hybridized carbons (Fsp3) is 0.471. The molecule has 0 aliphatic carbocycles. The molecule has 124 valence electrons. The summed E-state index contributed by atoms with van der Waals surface area (Å²) in [6.07, 6.45) is 1.79. The predicted molar refractivity (Wildman–Crippen MR) is 88.4 cm³/mol. The van der Waals surface area contributed by atoms with Crippen LogP contribution < -0.4 is 15.5 Å². The Morgan fingerprint density at radius 1 is 1.13 bits per heavy atom. The zero-order valence-corrected chi connectivity index (χ0v) is 13.4. The fourth-order valence-corrected chi connectivity index (χ4v) is 2.85. The normalized spacial score (nSPS) is 21.1. The van der Waals surface area contributed by atoms with E-state index in [4.69, 9.17) is 4.79 Å². The van der Waals surface area contributed by atoms with Crippen LogP contribution in [0.15, 0.2) is 24.3 Å². The lowest BCUT2D eigenvalue weighted by Gasteiger charge is -2.30. The van der Waals surface area contributed by atoms with Crippen LogP contribution in [0.5, 0.6) is 0 Å². The van der Waals surface area contributed by atoms with Crippen molar-refractivity contribution in [2.75, 3.05) is 31.1 Å². The highest BCUT2D eigenvalue weighted by atomic mass is 16.2. The number of imide groups is 1. The van der Waals surface area contributed by atoms with Crippen LogP contribution in [0.1, 0.15) is 31.2 Å². The molecule has 6 heteroatoms. The number of hydrogen-bond acceptors (Lipinski definition) is 5. The summed E-state index contributed by atoms with van der Waals surface area (Å²) in [5, 5.41) is 5.74. The lowest BCUT2D eigenvalue weighted by atomic mass is 9.90. The molecule has 0 spiro atoms. The zero-order chi connectivity index (χ0) is 16.7. The number of carbonyl (C=O) groups is 3. The Bertz CT molecular complexity index is 551. The van der Waals surface area contributed by atoms with Crippen LogP contribution in [-0.2, 0) is 14.4 Å². The van der Waals surface area contributed by atoms with E-state index >= 15 is 0 Å². The van der Waals surface area contributed by atoms with Crippen LogP contribution in [0.4, 0.5) is 5.69 Å². The summed E-state index contributed by atoms with van der Waals surface area (Å²) < 4.78 is 0. The molecule has 6 nitrogen and oxygen atoms in total. The average molecular weight is 317 g/mol. The third-order valence-corrected chi connectivity index (χ3v) is 4.02. The van der Waals surface area contributed by atoms with Gasteiger partial charge in [-0.25, -0.2) is 0 Å². The quantitative estimate of drug-likeness (QED) is 0.624. The van der Waals surface area contributed by atoms with E-state index in [1.807, 2.05) is 12.1 Å². The molecule has 2 heterocycles. The molecule has 2 aliphatic heterocycles. The number of anilines is 1. The van der Waals surface area contributed by atoms with Gasteiger partial charge in [0.15, 0.2) is 0 Å². The molecule has 0 radical (unpaired) electrons. The van der Waals surface area contributed by atoms with E-state index in [2.05, 4.69) is 27.7 Å². The number of nitrogens with one attached hydrogen (secondary N) is 2. The van der Waals surface area contributed by atoms with E-state index in [0.717, 1.165) is 38.0 Å². The van der Waals surface area contributed by atoms with Gasteiger partial charge in [0.25, 0.3) is 0 Å². The van der Waals surface area contributed by atoms with E-state index in [1.165, 1.54) is 12.6 Å². The Balaban J connectivity index is 0.000000595. The summed E-state index contributed by atoms with van der Waals surface area (Å²) in [7, 11) is 0. The molecule has 1 unspecified atom stereocenters. The van der Waals surface area contributed by atoms with E-state index in [-0.39, 0.29) is 17.7 Å². The summed E-state index contributed by atoms with van der Waals surface area (Å²) in [6, 6.07) is 8.17. The molecule has 0 bridgehead atoms. The van der Waals surface area contributed by atoms with Gasteiger partial charge in [-0.3, -0.25) is 14.9 Å². The zero-order valence-electron chi connectivity index (χ0n) is 13.4. The van der Waals surface area contributed by atoms with Crippen molar-refractivity contribution in [3.8, 4) is 0 Å². The molecule has 3 rings (SSSR count). The molecule has 2 fully saturated rings. The van der Waals surface area contributed by atoms with Gasteiger partial charge >= 0.3 is 0 Å². The first-order valence-corrected chi connectivity index (χ1v) is 7.94. The number of nitrogens with zero attached hydrogens (tertiary/aromatic N) is 1. The lowest BCUT2D eigenvalue weighted by molar-refractivity contribution is -0.134. The maximum atomic E-state index is 11.8. The third-order valence-electron chi connectivity index (χ3n) is 4.02. The van der Waals surface area contributed by atoms with Crippen LogP contribution in [0.3, 0.4) is 0 Å².